The minimum Gasteiger partial charge on any atom is -0.497 e. The molecule has 0 saturated carbocycles. The normalized spacial score (nSPS) is 10.2. The summed E-state index contributed by atoms with van der Waals surface area (Å²) >= 11 is 0. The van der Waals surface area contributed by atoms with Crippen molar-refractivity contribution in [3.63, 3.8) is 0 Å². The second-order valence-corrected chi connectivity index (χ2v) is 3.81. The Labute approximate surface area is 99.0 Å². The number of carbonyl (C=O) groups excluding carboxylic acids is 2. The molecule has 3 nitrogen and oxygen atoms in total. The summed E-state index contributed by atoms with van der Waals surface area (Å²) in [6.45, 7) is 1.28. The molecule has 0 fully saturated rings. The molecule has 2 aromatic rings. The van der Waals surface area contributed by atoms with Crippen molar-refractivity contribution in [2.24, 2.45) is 0 Å². The van der Waals surface area contributed by atoms with E-state index >= 15 is 0 Å². The molecule has 0 aliphatic carbocycles. The largest absolute Gasteiger partial charge is 0.497 e. The summed E-state index contributed by atoms with van der Waals surface area (Å²) in [5, 5.41) is 1.89. The molecule has 0 spiro atoms. The van der Waals surface area contributed by atoms with Crippen LogP contribution in [-0.4, -0.2) is 18.7 Å². The minimum atomic E-state index is -0.456. The lowest BCUT2D eigenvalue weighted by molar-refractivity contribution is -0.113. The molecule has 0 N–H and O–H groups in total. The third kappa shape index (κ3) is 2.18. The fourth-order valence-electron chi connectivity index (χ4n) is 1.70. The molecule has 0 amide bonds. The number of benzene rings is 2. The molecule has 0 heterocycles. The van der Waals surface area contributed by atoms with Gasteiger partial charge < -0.3 is 4.74 Å². The van der Waals surface area contributed by atoms with Gasteiger partial charge in [0.25, 0.3) is 0 Å². The molecular weight excluding hydrogens is 216 g/mol. The van der Waals surface area contributed by atoms with Crippen LogP contribution < -0.4 is 4.74 Å². The van der Waals surface area contributed by atoms with Gasteiger partial charge in [-0.2, -0.15) is 0 Å². The highest BCUT2D eigenvalue weighted by atomic mass is 16.5. The van der Waals surface area contributed by atoms with Crippen molar-refractivity contribution in [3.05, 3.63) is 42.0 Å². The average Bonchev–Trinajstić information content (AvgIpc) is 2.36. The minimum absolute atomic E-state index is 0.426. The van der Waals surface area contributed by atoms with Crippen LogP contribution in [0.15, 0.2) is 36.4 Å². The van der Waals surface area contributed by atoms with Crippen molar-refractivity contribution < 1.29 is 14.3 Å². The lowest BCUT2D eigenvalue weighted by atomic mass is 10.0. The van der Waals surface area contributed by atoms with Gasteiger partial charge in [-0.1, -0.05) is 18.2 Å². The zero-order chi connectivity index (χ0) is 12.4. The predicted molar refractivity (Wildman–Crippen MR) is 65.5 cm³/mol. The molecule has 2 rings (SSSR count). The first-order chi connectivity index (χ1) is 8.11. The van der Waals surface area contributed by atoms with E-state index in [-0.39, 0.29) is 0 Å². The van der Waals surface area contributed by atoms with Gasteiger partial charge in [0.15, 0.2) is 5.78 Å². The van der Waals surface area contributed by atoms with E-state index in [2.05, 4.69) is 0 Å². The highest BCUT2D eigenvalue weighted by Gasteiger charge is 2.11. The molecule has 2 aromatic carbocycles. The Balaban J connectivity index is 2.52. The van der Waals surface area contributed by atoms with Crippen LogP contribution in [0.3, 0.4) is 0 Å². The van der Waals surface area contributed by atoms with Crippen LogP contribution >= 0.6 is 0 Å². The molecular formula is C14H12O3. The molecule has 0 unspecified atom stereocenters. The van der Waals surface area contributed by atoms with Gasteiger partial charge in [-0.3, -0.25) is 9.59 Å². The van der Waals surface area contributed by atoms with E-state index in [1.807, 2.05) is 24.3 Å². The first kappa shape index (κ1) is 11.3. The van der Waals surface area contributed by atoms with Gasteiger partial charge in [0.05, 0.1) is 7.11 Å². The van der Waals surface area contributed by atoms with Crippen molar-refractivity contribution in [2.45, 2.75) is 6.92 Å². The number of ketones is 2. The van der Waals surface area contributed by atoms with Crippen LogP contribution in [0.25, 0.3) is 10.8 Å². The standard InChI is InChI=1S/C14H12O3/c1-9(15)14(16)12-4-3-11-8-13(17-2)6-5-10(11)7-12/h3-8H,1-2H3. The predicted octanol–water partition coefficient (Wildman–Crippen LogP) is 2.62. The second-order valence-electron chi connectivity index (χ2n) is 3.81. The van der Waals surface area contributed by atoms with Crippen molar-refractivity contribution in [1.82, 2.24) is 0 Å². The molecule has 0 aliphatic rings. The summed E-state index contributed by atoms with van der Waals surface area (Å²) in [4.78, 5) is 22.5. The van der Waals surface area contributed by atoms with E-state index < -0.39 is 11.6 Å². The number of methoxy groups -OCH3 is 1. The van der Waals surface area contributed by atoms with Crippen molar-refractivity contribution >= 4 is 22.3 Å². The fourth-order valence-corrected chi connectivity index (χ4v) is 1.70. The topological polar surface area (TPSA) is 43.4 Å². The van der Waals surface area contributed by atoms with Crippen LogP contribution in [0.4, 0.5) is 0 Å². The smallest absolute Gasteiger partial charge is 0.228 e. The maximum atomic E-state index is 11.5. The van der Waals surface area contributed by atoms with Gasteiger partial charge >= 0.3 is 0 Å². The highest BCUT2D eigenvalue weighted by molar-refractivity contribution is 6.43. The molecule has 0 aromatic heterocycles. The van der Waals surface area contributed by atoms with Gasteiger partial charge in [-0.25, -0.2) is 0 Å². The maximum Gasteiger partial charge on any atom is 0.228 e. The Morgan fingerprint density at radius 2 is 1.65 bits per heavy atom. The van der Waals surface area contributed by atoms with Crippen LogP contribution in [0.2, 0.25) is 0 Å². The summed E-state index contributed by atoms with van der Waals surface area (Å²) in [5.41, 5.74) is 0.426. The third-order valence-corrected chi connectivity index (χ3v) is 2.63. The summed E-state index contributed by atoms with van der Waals surface area (Å²) < 4.78 is 5.12. The number of rotatable bonds is 3. The molecule has 86 valence electrons. The van der Waals surface area contributed by atoms with Gasteiger partial charge in [-0.05, 0) is 29.0 Å². The summed E-state index contributed by atoms with van der Waals surface area (Å²) in [6.07, 6.45) is 0. The maximum absolute atomic E-state index is 11.5. The Morgan fingerprint density at radius 1 is 1.00 bits per heavy atom. The Morgan fingerprint density at radius 3 is 2.29 bits per heavy atom. The van der Waals surface area contributed by atoms with E-state index in [1.54, 1.807) is 19.2 Å². The van der Waals surface area contributed by atoms with E-state index in [4.69, 9.17) is 4.74 Å². The van der Waals surface area contributed by atoms with Crippen LogP contribution in [0.5, 0.6) is 5.75 Å². The number of hydrogen-bond acceptors (Lipinski definition) is 3. The Kier molecular flexibility index (Phi) is 2.91. The van der Waals surface area contributed by atoms with Gasteiger partial charge in [0, 0.05) is 12.5 Å². The van der Waals surface area contributed by atoms with Gasteiger partial charge in [-0.15, -0.1) is 0 Å². The summed E-state index contributed by atoms with van der Waals surface area (Å²) in [5.74, 6) is -0.135. The lowest BCUT2D eigenvalue weighted by Crippen LogP contribution is -2.09. The highest BCUT2D eigenvalue weighted by Crippen LogP contribution is 2.22. The first-order valence-electron chi connectivity index (χ1n) is 5.25. The SMILES string of the molecule is COc1ccc2cc(C(=O)C(C)=O)ccc2c1. The lowest BCUT2D eigenvalue weighted by Gasteiger charge is -2.04. The third-order valence-electron chi connectivity index (χ3n) is 2.63. The molecule has 0 saturated heterocycles. The second kappa shape index (κ2) is 4.37. The van der Waals surface area contributed by atoms with Crippen molar-refractivity contribution in [3.8, 4) is 5.75 Å². The average molecular weight is 228 g/mol. The van der Waals surface area contributed by atoms with E-state index in [1.165, 1.54) is 6.92 Å². The van der Waals surface area contributed by atoms with Gasteiger partial charge in [0.2, 0.25) is 5.78 Å². The molecule has 3 heteroatoms. The molecule has 0 bridgehead atoms. The van der Waals surface area contributed by atoms with Gasteiger partial charge in [0.1, 0.15) is 5.75 Å². The molecule has 17 heavy (non-hydrogen) atoms. The van der Waals surface area contributed by atoms with Crippen molar-refractivity contribution in [1.29, 1.82) is 0 Å². The Bertz CT molecular complexity index is 599. The number of Topliss-reactive ketones (excluding diaryl/α,β-unsaturated/α-hetero) is 2. The number of ether oxygens (including phenoxy) is 1. The van der Waals surface area contributed by atoms with Crippen LogP contribution in [0.1, 0.15) is 17.3 Å². The summed E-state index contributed by atoms with van der Waals surface area (Å²) in [6, 6.07) is 10.8. The molecule has 0 radical (unpaired) electrons. The number of hydrogen-bond donors (Lipinski definition) is 0. The van der Waals surface area contributed by atoms with E-state index in [0.29, 0.717) is 5.56 Å². The van der Waals surface area contributed by atoms with E-state index in [9.17, 15) is 9.59 Å². The first-order valence-corrected chi connectivity index (χ1v) is 5.25. The number of carbonyl (C=O) groups is 2. The van der Waals surface area contributed by atoms with E-state index in [0.717, 1.165) is 16.5 Å². The monoisotopic (exact) mass is 228 g/mol. The van der Waals surface area contributed by atoms with Crippen LogP contribution in [-0.2, 0) is 4.79 Å². The summed E-state index contributed by atoms with van der Waals surface area (Å²) in [7, 11) is 1.61. The molecule has 0 atom stereocenters. The fraction of sp³-hybridized carbons (Fsp3) is 0.143. The number of fused-ring (bicyclic) bond motifs is 1. The Hall–Kier alpha value is -2.16. The zero-order valence-corrected chi connectivity index (χ0v) is 9.69. The zero-order valence-electron chi connectivity index (χ0n) is 9.69. The van der Waals surface area contributed by atoms with Crippen LogP contribution in [0, 0.1) is 0 Å². The van der Waals surface area contributed by atoms with Crippen molar-refractivity contribution in [2.75, 3.05) is 7.11 Å². The quantitative estimate of drug-likeness (QED) is 0.599. The molecule has 0 aliphatic heterocycles.